The number of primary amides is 1. The maximum atomic E-state index is 12.9. The smallest absolute Gasteiger partial charge is 0.385 e. The van der Waals surface area contributed by atoms with Gasteiger partial charge in [0.2, 0.25) is 5.91 Å². The van der Waals surface area contributed by atoms with Crippen molar-refractivity contribution in [3.63, 3.8) is 0 Å². The van der Waals surface area contributed by atoms with Crippen molar-refractivity contribution in [2.75, 3.05) is 19.6 Å². The first-order chi connectivity index (χ1) is 17.4. The highest BCUT2D eigenvalue weighted by Gasteiger charge is 2.40. The number of halogens is 3. The first kappa shape index (κ1) is 26.7. The van der Waals surface area contributed by atoms with Gasteiger partial charge < -0.3 is 21.5 Å². The molecule has 4 rings (SSSR count). The number of carbonyl (C=O) groups is 2. The Morgan fingerprint density at radius 3 is 2.32 bits per heavy atom. The van der Waals surface area contributed by atoms with Crippen LogP contribution in [0.15, 0.2) is 60.8 Å². The SMILES string of the molecule is C=C(CNC(=O)c1cccc(C(F)(F)F)c1)NC1CN([C@H]2CC[C@@](O)(c3ccc(C(N)=O)cc3)CC2)C1. The molecule has 1 saturated heterocycles. The molecule has 0 spiro atoms. The number of nitrogens with one attached hydrogen (secondary N) is 2. The standard InChI is InChI=1S/C27H31F3N4O3/c1-17(14-32-25(36)19-3-2-4-21(13-19)27(28,29)30)33-22-15-34(16-22)23-9-11-26(37,12-10-23)20-7-5-18(6-8-20)24(31)35/h2-8,13,22-23,33,37H,1,9-12,14-16H2,(H2,31,35)(H,32,36)/t23-,26-. The van der Waals surface area contributed by atoms with Crippen molar-refractivity contribution < 1.29 is 27.9 Å². The lowest BCUT2D eigenvalue weighted by Crippen LogP contribution is -2.62. The second kappa shape index (κ2) is 10.5. The first-order valence-electron chi connectivity index (χ1n) is 12.2. The van der Waals surface area contributed by atoms with Gasteiger partial charge in [-0.15, -0.1) is 0 Å². The molecule has 0 unspecified atom stereocenters. The zero-order valence-corrected chi connectivity index (χ0v) is 20.4. The molecule has 2 aromatic carbocycles. The minimum Gasteiger partial charge on any atom is -0.385 e. The molecule has 2 fully saturated rings. The molecule has 1 saturated carbocycles. The van der Waals surface area contributed by atoms with E-state index in [0.29, 0.717) is 30.1 Å². The van der Waals surface area contributed by atoms with Crippen molar-refractivity contribution in [1.29, 1.82) is 0 Å². The molecule has 0 atom stereocenters. The molecule has 2 aliphatic rings. The van der Waals surface area contributed by atoms with Gasteiger partial charge in [-0.05, 0) is 61.6 Å². The highest BCUT2D eigenvalue weighted by molar-refractivity contribution is 5.94. The summed E-state index contributed by atoms with van der Waals surface area (Å²) in [6.45, 7) is 5.63. The fourth-order valence-electron chi connectivity index (χ4n) is 5.05. The minimum absolute atomic E-state index is 0.0569. The second-order valence-electron chi connectivity index (χ2n) is 9.86. The van der Waals surface area contributed by atoms with Crippen LogP contribution >= 0.6 is 0 Å². The summed E-state index contributed by atoms with van der Waals surface area (Å²) >= 11 is 0. The van der Waals surface area contributed by atoms with Gasteiger partial charge in [0.05, 0.1) is 23.8 Å². The van der Waals surface area contributed by atoms with Gasteiger partial charge in [-0.2, -0.15) is 13.2 Å². The summed E-state index contributed by atoms with van der Waals surface area (Å²) in [5.74, 6) is -1.09. The number of aliphatic hydroxyl groups is 1. The predicted molar refractivity (Wildman–Crippen MR) is 133 cm³/mol. The molecule has 1 aliphatic carbocycles. The summed E-state index contributed by atoms with van der Waals surface area (Å²) in [6.07, 6.45) is -1.58. The number of benzene rings is 2. The van der Waals surface area contributed by atoms with Crippen LogP contribution in [0, 0.1) is 0 Å². The molecule has 0 bridgehead atoms. The van der Waals surface area contributed by atoms with E-state index in [1.165, 1.54) is 12.1 Å². The van der Waals surface area contributed by atoms with Crippen molar-refractivity contribution in [1.82, 2.24) is 15.5 Å². The molecule has 7 nitrogen and oxygen atoms in total. The molecular formula is C27H31F3N4O3. The highest BCUT2D eigenvalue weighted by atomic mass is 19.4. The third-order valence-corrected chi connectivity index (χ3v) is 7.24. The molecule has 0 aromatic heterocycles. The molecule has 198 valence electrons. The maximum Gasteiger partial charge on any atom is 0.416 e. The minimum atomic E-state index is -4.51. The van der Waals surface area contributed by atoms with Crippen LogP contribution in [0.25, 0.3) is 0 Å². The number of rotatable bonds is 8. The molecule has 1 aliphatic heterocycles. The lowest BCUT2D eigenvalue weighted by molar-refractivity contribution is -0.137. The lowest BCUT2D eigenvalue weighted by atomic mass is 9.76. The Kier molecular flexibility index (Phi) is 7.61. The Morgan fingerprint density at radius 2 is 1.73 bits per heavy atom. The summed E-state index contributed by atoms with van der Waals surface area (Å²) in [4.78, 5) is 25.9. The van der Waals surface area contributed by atoms with Crippen LogP contribution in [0.4, 0.5) is 13.2 Å². The fraction of sp³-hybridized carbons (Fsp3) is 0.407. The predicted octanol–water partition coefficient (Wildman–Crippen LogP) is 3.15. The van der Waals surface area contributed by atoms with Gasteiger partial charge in [-0.1, -0.05) is 24.8 Å². The number of carbonyl (C=O) groups excluding carboxylic acids is 2. The number of nitrogens with two attached hydrogens (primary N) is 1. The summed E-state index contributed by atoms with van der Waals surface area (Å²) in [5.41, 5.74) is 5.25. The maximum absolute atomic E-state index is 12.9. The van der Waals surface area contributed by atoms with E-state index in [0.717, 1.165) is 43.6 Å². The molecular weight excluding hydrogens is 485 g/mol. The normalized spacial score (nSPS) is 22.6. The van der Waals surface area contributed by atoms with Crippen LogP contribution in [-0.4, -0.2) is 53.5 Å². The molecule has 2 aromatic rings. The van der Waals surface area contributed by atoms with Crippen molar-refractivity contribution in [2.45, 2.75) is 49.5 Å². The van der Waals surface area contributed by atoms with E-state index in [1.54, 1.807) is 24.3 Å². The first-order valence-corrected chi connectivity index (χ1v) is 12.2. The molecule has 0 radical (unpaired) electrons. The van der Waals surface area contributed by atoms with Gasteiger partial charge >= 0.3 is 6.18 Å². The van der Waals surface area contributed by atoms with Gasteiger partial charge in [0.25, 0.3) is 5.91 Å². The second-order valence-corrected chi connectivity index (χ2v) is 9.86. The quantitative estimate of drug-likeness (QED) is 0.431. The van der Waals surface area contributed by atoms with E-state index >= 15 is 0 Å². The number of likely N-dealkylation sites (tertiary alicyclic amines) is 1. The van der Waals surface area contributed by atoms with E-state index in [1.807, 2.05) is 0 Å². The van der Waals surface area contributed by atoms with Gasteiger partial charge in [-0.3, -0.25) is 14.5 Å². The fourth-order valence-corrected chi connectivity index (χ4v) is 5.05. The van der Waals surface area contributed by atoms with Crippen LogP contribution in [-0.2, 0) is 11.8 Å². The summed E-state index contributed by atoms with van der Waals surface area (Å²) in [5, 5.41) is 17.0. The van der Waals surface area contributed by atoms with Gasteiger partial charge in [0.15, 0.2) is 0 Å². The third kappa shape index (κ3) is 6.31. The number of alkyl halides is 3. The average Bonchev–Trinajstić information content (AvgIpc) is 2.85. The molecule has 10 heteroatoms. The number of amides is 2. The van der Waals surface area contributed by atoms with Crippen LogP contribution < -0.4 is 16.4 Å². The molecule has 37 heavy (non-hydrogen) atoms. The lowest BCUT2D eigenvalue weighted by Gasteiger charge is -2.48. The Balaban J connectivity index is 1.18. The Morgan fingerprint density at radius 1 is 1.08 bits per heavy atom. The molecule has 5 N–H and O–H groups in total. The largest absolute Gasteiger partial charge is 0.416 e. The number of hydrogen-bond donors (Lipinski definition) is 4. The topological polar surface area (TPSA) is 108 Å². The van der Waals surface area contributed by atoms with Gasteiger partial charge in [-0.25, -0.2) is 0 Å². The number of nitrogens with zero attached hydrogens (tertiary/aromatic N) is 1. The van der Waals surface area contributed by atoms with Crippen molar-refractivity contribution in [3.8, 4) is 0 Å². The van der Waals surface area contributed by atoms with Crippen molar-refractivity contribution in [3.05, 3.63) is 83.1 Å². The zero-order valence-electron chi connectivity index (χ0n) is 20.4. The third-order valence-electron chi connectivity index (χ3n) is 7.24. The van der Waals surface area contributed by atoms with Crippen LogP contribution in [0.5, 0.6) is 0 Å². The van der Waals surface area contributed by atoms with Crippen molar-refractivity contribution in [2.24, 2.45) is 5.73 Å². The van der Waals surface area contributed by atoms with Crippen molar-refractivity contribution >= 4 is 11.8 Å². The number of hydrogen-bond acceptors (Lipinski definition) is 5. The van der Waals surface area contributed by atoms with Gasteiger partial charge in [0.1, 0.15) is 0 Å². The summed E-state index contributed by atoms with van der Waals surface area (Å²) in [7, 11) is 0. The Labute approximate surface area is 213 Å². The van der Waals surface area contributed by atoms with E-state index < -0.39 is 29.2 Å². The zero-order chi connectivity index (χ0) is 26.8. The van der Waals surface area contributed by atoms with E-state index in [9.17, 15) is 27.9 Å². The Hall–Kier alpha value is -3.37. The summed E-state index contributed by atoms with van der Waals surface area (Å²) in [6, 6.07) is 11.6. The van der Waals surface area contributed by atoms with Crippen LogP contribution in [0.2, 0.25) is 0 Å². The van der Waals surface area contributed by atoms with Crippen LogP contribution in [0.3, 0.4) is 0 Å². The van der Waals surface area contributed by atoms with Crippen LogP contribution in [0.1, 0.15) is 57.5 Å². The molecule has 1 heterocycles. The van der Waals surface area contributed by atoms with E-state index in [2.05, 4.69) is 22.1 Å². The highest BCUT2D eigenvalue weighted by Crippen LogP contribution is 2.39. The Bertz CT molecular complexity index is 1150. The molecule has 2 amide bonds. The monoisotopic (exact) mass is 516 g/mol. The van der Waals surface area contributed by atoms with E-state index in [4.69, 9.17) is 5.73 Å². The average molecular weight is 517 g/mol. The van der Waals surface area contributed by atoms with E-state index in [-0.39, 0.29) is 18.2 Å². The van der Waals surface area contributed by atoms with Gasteiger partial charge in [0, 0.05) is 36.0 Å². The summed E-state index contributed by atoms with van der Waals surface area (Å²) < 4.78 is 38.6.